The average Bonchev–Trinajstić information content (AvgIpc) is 2.65. The van der Waals surface area contributed by atoms with Crippen LogP contribution >= 0.6 is 0 Å². The summed E-state index contributed by atoms with van der Waals surface area (Å²) in [6, 6.07) is 16.0. The van der Waals surface area contributed by atoms with Gasteiger partial charge in [-0.15, -0.1) is 0 Å². The molecule has 0 aromatic heterocycles. The first-order chi connectivity index (χ1) is 12.9. The molecule has 2 aromatic carbocycles. The van der Waals surface area contributed by atoms with Crippen molar-refractivity contribution in [3.05, 3.63) is 71.3 Å². The summed E-state index contributed by atoms with van der Waals surface area (Å²) in [6.45, 7) is 3.66. The van der Waals surface area contributed by atoms with E-state index in [0.29, 0.717) is 6.54 Å². The van der Waals surface area contributed by atoms with Gasteiger partial charge in [0.25, 0.3) is 11.8 Å². The van der Waals surface area contributed by atoms with Crippen LogP contribution in [-0.2, 0) is 16.1 Å². The summed E-state index contributed by atoms with van der Waals surface area (Å²) in [7, 11) is 1.67. The molecule has 0 fully saturated rings. The van der Waals surface area contributed by atoms with Crippen LogP contribution in [0.4, 0.5) is 0 Å². The van der Waals surface area contributed by atoms with E-state index in [2.05, 4.69) is 5.32 Å². The zero-order valence-electron chi connectivity index (χ0n) is 15.8. The highest BCUT2D eigenvalue weighted by atomic mass is 16.5. The first-order valence-corrected chi connectivity index (χ1v) is 8.73. The van der Waals surface area contributed by atoms with Gasteiger partial charge in [-0.3, -0.25) is 9.59 Å². The highest BCUT2D eigenvalue weighted by Crippen LogP contribution is 2.14. The van der Waals surface area contributed by atoms with E-state index in [0.717, 1.165) is 5.56 Å². The molecule has 0 radical (unpaired) electrons. The maximum absolute atomic E-state index is 12.8. The minimum atomic E-state index is -0.703. The van der Waals surface area contributed by atoms with Crippen molar-refractivity contribution < 1.29 is 19.1 Å². The number of amides is 2. The quantitative estimate of drug-likeness (QED) is 0.763. The maximum Gasteiger partial charge on any atom is 0.339 e. The van der Waals surface area contributed by atoms with Gasteiger partial charge in [0.1, 0.15) is 0 Å². The fourth-order valence-corrected chi connectivity index (χ4v) is 2.55. The molecule has 6 nitrogen and oxygen atoms in total. The van der Waals surface area contributed by atoms with Gasteiger partial charge in [-0.2, -0.15) is 0 Å². The van der Waals surface area contributed by atoms with Crippen LogP contribution in [0.3, 0.4) is 0 Å². The van der Waals surface area contributed by atoms with Crippen LogP contribution in [0.25, 0.3) is 0 Å². The largest absolute Gasteiger partial charge is 0.452 e. The van der Waals surface area contributed by atoms with Crippen LogP contribution in [0, 0.1) is 0 Å². The molecule has 0 heterocycles. The Labute approximate surface area is 159 Å². The van der Waals surface area contributed by atoms with E-state index in [4.69, 9.17) is 4.74 Å². The Kier molecular flexibility index (Phi) is 7.11. The number of rotatable bonds is 7. The zero-order valence-corrected chi connectivity index (χ0v) is 15.8. The van der Waals surface area contributed by atoms with Crippen LogP contribution < -0.4 is 5.32 Å². The third-order valence-corrected chi connectivity index (χ3v) is 3.77. The lowest BCUT2D eigenvalue weighted by Gasteiger charge is -2.19. The van der Waals surface area contributed by atoms with Crippen molar-refractivity contribution in [1.82, 2.24) is 10.2 Å². The minimum absolute atomic E-state index is 0.0447. The van der Waals surface area contributed by atoms with Crippen LogP contribution in [0.1, 0.15) is 40.1 Å². The normalized spacial score (nSPS) is 10.4. The molecular weight excluding hydrogens is 344 g/mol. The highest BCUT2D eigenvalue weighted by molar-refractivity contribution is 6.05. The predicted molar refractivity (Wildman–Crippen MR) is 102 cm³/mol. The maximum atomic E-state index is 12.8. The SMILES string of the molecule is CC(C)NC(=O)COC(=O)c1ccccc1C(=O)N(C)Cc1ccccc1. The number of hydrogen-bond donors (Lipinski definition) is 1. The Morgan fingerprint density at radius 1 is 0.963 bits per heavy atom. The fourth-order valence-electron chi connectivity index (χ4n) is 2.55. The second kappa shape index (κ2) is 9.52. The van der Waals surface area contributed by atoms with Crippen molar-refractivity contribution in [1.29, 1.82) is 0 Å². The molecule has 0 aliphatic heterocycles. The van der Waals surface area contributed by atoms with Crippen molar-refractivity contribution >= 4 is 17.8 Å². The standard InChI is InChI=1S/C21H24N2O4/c1-15(2)22-19(24)14-27-21(26)18-12-8-7-11-17(18)20(25)23(3)13-16-9-5-4-6-10-16/h4-12,15H,13-14H2,1-3H3,(H,22,24). The number of hydrogen-bond acceptors (Lipinski definition) is 4. The topological polar surface area (TPSA) is 75.7 Å². The van der Waals surface area contributed by atoms with Crippen LogP contribution in [0.2, 0.25) is 0 Å². The molecule has 6 heteroatoms. The summed E-state index contributed by atoms with van der Waals surface area (Å²) in [6.07, 6.45) is 0. The molecule has 0 spiro atoms. The molecule has 0 saturated heterocycles. The van der Waals surface area contributed by atoms with E-state index >= 15 is 0 Å². The molecule has 0 aliphatic carbocycles. The van der Waals surface area contributed by atoms with Gasteiger partial charge in [0.2, 0.25) is 0 Å². The smallest absolute Gasteiger partial charge is 0.339 e. The van der Waals surface area contributed by atoms with Gasteiger partial charge in [0, 0.05) is 19.6 Å². The van der Waals surface area contributed by atoms with Crippen molar-refractivity contribution in [3.63, 3.8) is 0 Å². The molecule has 27 heavy (non-hydrogen) atoms. The summed E-state index contributed by atoms with van der Waals surface area (Å²) in [5.74, 6) is -1.38. The Morgan fingerprint density at radius 2 is 1.56 bits per heavy atom. The molecule has 0 unspecified atom stereocenters. The molecule has 2 amide bonds. The van der Waals surface area contributed by atoms with Gasteiger partial charge in [-0.25, -0.2) is 4.79 Å². The van der Waals surface area contributed by atoms with E-state index in [1.165, 1.54) is 11.0 Å². The lowest BCUT2D eigenvalue weighted by Crippen LogP contribution is -2.34. The zero-order chi connectivity index (χ0) is 19.8. The first-order valence-electron chi connectivity index (χ1n) is 8.73. The molecular formula is C21H24N2O4. The van der Waals surface area contributed by atoms with Crippen molar-refractivity contribution in [2.45, 2.75) is 26.4 Å². The van der Waals surface area contributed by atoms with Gasteiger partial charge in [0.15, 0.2) is 6.61 Å². The molecule has 0 bridgehead atoms. The Morgan fingerprint density at radius 3 is 2.19 bits per heavy atom. The van der Waals surface area contributed by atoms with Crippen LogP contribution in [0.15, 0.2) is 54.6 Å². The van der Waals surface area contributed by atoms with Gasteiger partial charge in [-0.1, -0.05) is 42.5 Å². The Hall–Kier alpha value is -3.15. The lowest BCUT2D eigenvalue weighted by molar-refractivity contribution is -0.124. The highest BCUT2D eigenvalue weighted by Gasteiger charge is 2.21. The second-order valence-electron chi connectivity index (χ2n) is 6.49. The van der Waals surface area contributed by atoms with E-state index in [1.54, 1.807) is 25.2 Å². The lowest BCUT2D eigenvalue weighted by atomic mass is 10.1. The third-order valence-electron chi connectivity index (χ3n) is 3.77. The summed E-state index contributed by atoms with van der Waals surface area (Å²) < 4.78 is 5.06. The van der Waals surface area contributed by atoms with Gasteiger partial charge >= 0.3 is 5.97 Å². The Balaban J connectivity index is 2.08. The third kappa shape index (κ3) is 5.95. The van der Waals surface area contributed by atoms with Gasteiger partial charge in [0.05, 0.1) is 11.1 Å². The van der Waals surface area contributed by atoms with Gasteiger partial charge < -0.3 is 15.0 Å². The number of benzene rings is 2. The number of carbonyl (C=O) groups is 3. The Bertz CT molecular complexity index is 803. The second-order valence-corrected chi connectivity index (χ2v) is 6.49. The van der Waals surface area contributed by atoms with E-state index in [1.807, 2.05) is 44.2 Å². The molecule has 0 aliphatic rings. The van der Waals surface area contributed by atoms with Crippen molar-refractivity contribution in [3.8, 4) is 0 Å². The fraction of sp³-hybridized carbons (Fsp3) is 0.286. The monoisotopic (exact) mass is 368 g/mol. The van der Waals surface area contributed by atoms with Crippen LogP contribution in [-0.4, -0.2) is 42.4 Å². The van der Waals surface area contributed by atoms with E-state index < -0.39 is 5.97 Å². The summed E-state index contributed by atoms with van der Waals surface area (Å²) in [5, 5.41) is 2.64. The molecule has 0 atom stereocenters. The predicted octanol–water partition coefficient (Wildman–Crippen LogP) is 2.64. The minimum Gasteiger partial charge on any atom is -0.452 e. The van der Waals surface area contributed by atoms with Crippen molar-refractivity contribution in [2.75, 3.05) is 13.7 Å². The molecule has 0 saturated carbocycles. The first kappa shape index (κ1) is 20.2. The number of ether oxygens (including phenoxy) is 1. The molecule has 1 N–H and O–H groups in total. The molecule has 2 rings (SSSR count). The number of nitrogens with one attached hydrogen (secondary N) is 1. The van der Waals surface area contributed by atoms with Crippen molar-refractivity contribution in [2.24, 2.45) is 0 Å². The number of carbonyl (C=O) groups excluding carboxylic acids is 3. The average molecular weight is 368 g/mol. The summed E-state index contributed by atoms with van der Waals surface area (Å²) in [4.78, 5) is 38.4. The van der Waals surface area contributed by atoms with E-state index in [9.17, 15) is 14.4 Å². The van der Waals surface area contributed by atoms with E-state index in [-0.39, 0.29) is 35.6 Å². The summed E-state index contributed by atoms with van der Waals surface area (Å²) >= 11 is 0. The summed E-state index contributed by atoms with van der Waals surface area (Å²) in [5.41, 5.74) is 1.36. The number of nitrogens with zero attached hydrogens (tertiary/aromatic N) is 1. The van der Waals surface area contributed by atoms with Gasteiger partial charge in [-0.05, 0) is 31.5 Å². The molecule has 2 aromatic rings. The number of esters is 1. The molecule has 142 valence electrons. The van der Waals surface area contributed by atoms with Crippen LogP contribution in [0.5, 0.6) is 0 Å².